The molecule has 28 heavy (non-hydrogen) atoms. The van der Waals surface area contributed by atoms with Gasteiger partial charge in [0.25, 0.3) is 5.56 Å². The van der Waals surface area contributed by atoms with Crippen molar-refractivity contribution in [3.05, 3.63) is 57.5 Å². The fraction of sp³-hybridized carbons (Fsp3) is 0.350. The summed E-state index contributed by atoms with van der Waals surface area (Å²) >= 11 is 0. The first-order valence-corrected chi connectivity index (χ1v) is 9.05. The highest BCUT2D eigenvalue weighted by Gasteiger charge is 2.20. The molecule has 0 fully saturated rings. The maximum Gasteiger partial charge on any atom is 0.277 e. The first-order chi connectivity index (χ1) is 13.3. The van der Waals surface area contributed by atoms with Crippen LogP contribution in [0, 0.1) is 25.6 Å². The molecule has 0 saturated heterocycles. The minimum atomic E-state index is -0.424. The number of benzene rings is 1. The Labute approximate surface area is 161 Å². The van der Waals surface area contributed by atoms with E-state index >= 15 is 0 Å². The number of hydrogen-bond donors (Lipinski definition) is 3. The number of fused-ring (bicyclic) bond motifs is 1. The average Bonchev–Trinajstić information content (AvgIpc) is 2.97. The Kier molecular flexibility index (Phi) is 5.60. The maximum atomic E-state index is 13.2. The lowest BCUT2D eigenvalue weighted by molar-refractivity contribution is -0.115. The molecule has 0 aliphatic carbocycles. The highest BCUT2D eigenvalue weighted by atomic mass is 19.1. The Hall–Kier alpha value is -3.00. The summed E-state index contributed by atoms with van der Waals surface area (Å²) in [6.07, 6.45) is 0. The molecule has 0 saturated carbocycles. The quantitative estimate of drug-likeness (QED) is 0.604. The number of aromatic amines is 1. The number of aromatic nitrogens is 2. The van der Waals surface area contributed by atoms with Gasteiger partial charge in [0.15, 0.2) is 0 Å². The van der Waals surface area contributed by atoms with Crippen LogP contribution in [-0.4, -0.2) is 22.6 Å². The first kappa shape index (κ1) is 19.8. The predicted octanol–water partition coefficient (Wildman–Crippen LogP) is 3.20. The second kappa shape index (κ2) is 7.93. The molecule has 3 rings (SSSR count). The zero-order valence-electron chi connectivity index (χ0n) is 16.2. The van der Waals surface area contributed by atoms with Gasteiger partial charge in [-0.3, -0.25) is 14.9 Å². The van der Waals surface area contributed by atoms with E-state index in [0.29, 0.717) is 16.8 Å². The van der Waals surface area contributed by atoms with E-state index in [1.807, 2.05) is 13.8 Å². The predicted molar refractivity (Wildman–Crippen MR) is 105 cm³/mol. The number of anilines is 1. The van der Waals surface area contributed by atoms with Gasteiger partial charge in [-0.15, -0.1) is 0 Å². The fourth-order valence-electron chi connectivity index (χ4n) is 3.31. The summed E-state index contributed by atoms with van der Waals surface area (Å²) in [4.78, 5) is 24.6. The Balaban J connectivity index is 1.75. The van der Waals surface area contributed by atoms with Crippen LogP contribution in [0.3, 0.4) is 0 Å². The van der Waals surface area contributed by atoms with Crippen LogP contribution in [0.5, 0.6) is 0 Å². The van der Waals surface area contributed by atoms with Crippen molar-refractivity contribution in [2.45, 2.75) is 33.7 Å². The van der Waals surface area contributed by atoms with Crippen molar-refractivity contribution >= 4 is 22.6 Å². The summed E-state index contributed by atoms with van der Waals surface area (Å²) in [5.74, 6) is 0.146. The van der Waals surface area contributed by atoms with Crippen LogP contribution in [-0.2, 0) is 4.79 Å². The Morgan fingerprint density at radius 3 is 2.54 bits per heavy atom. The Bertz CT molecular complexity index is 1050. The molecule has 0 aliphatic rings. The van der Waals surface area contributed by atoms with E-state index in [4.69, 9.17) is 4.42 Å². The largest absolute Gasteiger partial charge is 0.444 e. The zero-order chi connectivity index (χ0) is 20.4. The molecule has 8 heteroatoms. The van der Waals surface area contributed by atoms with Crippen molar-refractivity contribution in [3.63, 3.8) is 0 Å². The number of nitrogens with one attached hydrogen (secondary N) is 3. The van der Waals surface area contributed by atoms with Gasteiger partial charge in [0.2, 0.25) is 11.8 Å². The van der Waals surface area contributed by atoms with Crippen molar-refractivity contribution in [2.24, 2.45) is 5.92 Å². The zero-order valence-corrected chi connectivity index (χ0v) is 16.2. The summed E-state index contributed by atoms with van der Waals surface area (Å²) in [5.41, 5.74) is 1.08. The summed E-state index contributed by atoms with van der Waals surface area (Å²) < 4.78 is 18.8. The summed E-state index contributed by atoms with van der Waals surface area (Å²) in [6, 6.07) is 6.06. The molecule has 1 atom stereocenters. The monoisotopic (exact) mass is 386 g/mol. The van der Waals surface area contributed by atoms with Gasteiger partial charge in [0, 0.05) is 6.04 Å². The third-order valence-electron chi connectivity index (χ3n) is 4.63. The molecule has 148 valence electrons. The molecule has 3 N–H and O–H groups in total. The van der Waals surface area contributed by atoms with Crippen LogP contribution in [0.25, 0.3) is 10.8 Å². The molecule has 0 unspecified atom stereocenters. The number of H-pyrrole nitrogens is 1. The molecule has 1 aromatic carbocycles. The minimum absolute atomic E-state index is 0.00341. The van der Waals surface area contributed by atoms with Gasteiger partial charge in [-0.05, 0) is 37.5 Å². The lowest BCUT2D eigenvalue weighted by atomic mass is 9.96. The van der Waals surface area contributed by atoms with Crippen LogP contribution in [0.15, 0.2) is 33.5 Å². The van der Waals surface area contributed by atoms with E-state index in [-0.39, 0.29) is 41.5 Å². The van der Waals surface area contributed by atoms with Gasteiger partial charge in [-0.2, -0.15) is 5.10 Å². The molecule has 0 bridgehead atoms. The number of carbonyl (C=O) groups excluding carboxylic acids is 1. The molecule has 0 spiro atoms. The highest BCUT2D eigenvalue weighted by Crippen LogP contribution is 2.28. The number of nitrogens with zero attached hydrogens (tertiary/aromatic N) is 1. The number of amides is 1. The number of rotatable bonds is 6. The molecular weight excluding hydrogens is 363 g/mol. The lowest BCUT2D eigenvalue weighted by Crippen LogP contribution is -2.33. The van der Waals surface area contributed by atoms with Crippen molar-refractivity contribution in [1.29, 1.82) is 0 Å². The second-order valence-corrected chi connectivity index (χ2v) is 7.08. The maximum absolute atomic E-state index is 13.2. The molecule has 2 aromatic heterocycles. The van der Waals surface area contributed by atoms with Gasteiger partial charge >= 0.3 is 0 Å². The van der Waals surface area contributed by atoms with Crippen LogP contribution < -0.4 is 16.2 Å². The standard InChI is InChI=1S/C20H23FN4O3/c1-10(2)18(13-5-7-14(21)8-6-13)22-9-15(26)23-20-17-16(12(4)28-20)11(3)24-25-19(17)27/h5-8,10,18,22H,9H2,1-4H3,(H,23,26)(H,25,27)/t18-/m0/s1. The molecule has 7 nitrogen and oxygen atoms in total. The number of aryl methyl sites for hydroxylation is 2. The topological polar surface area (TPSA) is 100 Å². The highest BCUT2D eigenvalue weighted by molar-refractivity contribution is 6.01. The molecule has 0 radical (unpaired) electrons. The second-order valence-electron chi connectivity index (χ2n) is 7.08. The van der Waals surface area contributed by atoms with Crippen molar-refractivity contribution in [2.75, 3.05) is 11.9 Å². The van der Waals surface area contributed by atoms with Crippen LogP contribution in [0.1, 0.15) is 36.9 Å². The Morgan fingerprint density at radius 1 is 1.21 bits per heavy atom. The van der Waals surface area contributed by atoms with Crippen molar-refractivity contribution in [1.82, 2.24) is 15.5 Å². The average molecular weight is 386 g/mol. The lowest BCUT2D eigenvalue weighted by Gasteiger charge is -2.22. The smallest absolute Gasteiger partial charge is 0.277 e. The molecular formula is C20H23FN4O3. The number of furan rings is 1. The number of hydrogen-bond acceptors (Lipinski definition) is 5. The minimum Gasteiger partial charge on any atom is -0.444 e. The Morgan fingerprint density at radius 2 is 1.89 bits per heavy atom. The van der Waals surface area contributed by atoms with Gasteiger partial charge in [0.05, 0.1) is 17.6 Å². The fourth-order valence-corrected chi connectivity index (χ4v) is 3.31. The van der Waals surface area contributed by atoms with E-state index in [0.717, 1.165) is 5.56 Å². The van der Waals surface area contributed by atoms with Crippen LogP contribution >= 0.6 is 0 Å². The van der Waals surface area contributed by atoms with Gasteiger partial charge in [0.1, 0.15) is 17.0 Å². The molecule has 0 aliphatic heterocycles. The summed E-state index contributed by atoms with van der Waals surface area (Å²) in [6.45, 7) is 7.50. The van der Waals surface area contributed by atoms with E-state index in [2.05, 4.69) is 20.8 Å². The van der Waals surface area contributed by atoms with Crippen LogP contribution in [0.4, 0.5) is 10.3 Å². The van der Waals surface area contributed by atoms with Crippen molar-refractivity contribution in [3.8, 4) is 0 Å². The summed E-state index contributed by atoms with van der Waals surface area (Å²) in [5, 5.41) is 13.0. The number of carbonyl (C=O) groups is 1. The molecule has 3 aromatic rings. The van der Waals surface area contributed by atoms with Gasteiger partial charge in [-0.25, -0.2) is 9.49 Å². The van der Waals surface area contributed by atoms with E-state index < -0.39 is 5.56 Å². The molecule has 2 heterocycles. The van der Waals surface area contributed by atoms with E-state index in [1.165, 1.54) is 12.1 Å². The number of halogens is 1. The third kappa shape index (κ3) is 3.96. The SMILES string of the molecule is Cc1n[nH]c(=O)c2c(NC(=O)CN[C@H](c3ccc(F)cc3)C(C)C)oc(C)c12. The van der Waals surface area contributed by atoms with E-state index in [1.54, 1.807) is 26.0 Å². The van der Waals surface area contributed by atoms with E-state index in [9.17, 15) is 14.0 Å². The van der Waals surface area contributed by atoms with Crippen molar-refractivity contribution < 1.29 is 13.6 Å². The van der Waals surface area contributed by atoms with Crippen LogP contribution in [0.2, 0.25) is 0 Å². The first-order valence-electron chi connectivity index (χ1n) is 9.05. The summed E-state index contributed by atoms with van der Waals surface area (Å²) in [7, 11) is 0. The van der Waals surface area contributed by atoms with Gasteiger partial charge < -0.3 is 9.73 Å². The van der Waals surface area contributed by atoms with Gasteiger partial charge in [-0.1, -0.05) is 26.0 Å². The molecule has 1 amide bonds. The normalized spacial score (nSPS) is 12.5. The third-order valence-corrected chi connectivity index (χ3v) is 4.63.